The lowest BCUT2D eigenvalue weighted by atomic mass is 9.98. The maximum atomic E-state index is 12.9. The highest BCUT2D eigenvalue weighted by atomic mass is 19.4. The lowest BCUT2D eigenvalue weighted by molar-refractivity contribution is -0.137. The van der Waals surface area contributed by atoms with Crippen molar-refractivity contribution in [3.8, 4) is 16.9 Å². The van der Waals surface area contributed by atoms with Gasteiger partial charge in [0.25, 0.3) is 0 Å². The summed E-state index contributed by atoms with van der Waals surface area (Å²) in [7, 11) is 1.56. The van der Waals surface area contributed by atoms with E-state index in [0.717, 1.165) is 23.3 Å². The smallest absolute Gasteiger partial charge is 0.416 e. The molecular formula is C27H24F3NO. The van der Waals surface area contributed by atoms with Crippen LogP contribution in [-0.4, -0.2) is 7.11 Å². The summed E-state index contributed by atoms with van der Waals surface area (Å²) in [5.74, 6) is 0.621. The monoisotopic (exact) mass is 435 g/mol. The topological polar surface area (TPSA) is 21.3 Å². The van der Waals surface area contributed by atoms with Crippen LogP contribution in [0.25, 0.3) is 21.9 Å². The van der Waals surface area contributed by atoms with Gasteiger partial charge in [-0.05, 0) is 58.7 Å². The molecule has 0 aromatic heterocycles. The molecular weight excluding hydrogens is 411 g/mol. The van der Waals surface area contributed by atoms with Gasteiger partial charge in [0.05, 0.1) is 12.7 Å². The van der Waals surface area contributed by atoms with Crippen LogP contribution in [0.2, 0.25) is 0 Å². The molecule has 0 saturated heterocycles. The van der Waals surface area contributed by atoms with E-state index in [9.17, 15) is 13.2 Å². The summed E-state index contributed by atoms with van der Waals surface area (Å²) in [6.45, 7) is 2.74. The standard InChI is InChI=1S/C27H24F3NO/c1-18(23-9-5-7-20-6-3-4-8-24(20)23)31-17-19-10-15-26(32-2)25(16-19)21-11-13-22(14-12-21)27(28,29)30/h3-16,18,31H,17H2,1-2H3. The van der Waals surface area contributed by atoms with Gasteiger partial charge in [-0.15, -0.1) is 0 Å². The molecule has 0 saturated carbocycles. The van der Waals surface area contributed by atoms with Gasteiger partial charge in [-0.1, -0.05) is 60.7 Å². The first kappa shape index (κ1) is 21.9. The van der Waals surface area contributed by atoms with E-state index in [1.807, 2.05) is 30.3 Å². The number of hydrogen-bond donors (Lipinski definition) is 1. The molecule has 1 atom stereocenters. The summed E-state index contributed by atoms with van der Waals surface area (Å²) in [6.07, 6.45) is -4.36. The summed E-state index contributed by atoms with van der Waals surface area (Å²) in [4.78, 5) is 0. The predicted molar refractivity (Wildman–Crippen MR) is 123 cm³/mol. The molecule has 0 bridgehead atoms. The Hall–Kier alpha value is -3.31. The largest absolute Gasteiger partial charge is 0.496 e. The lowest BCUT2D eigenvalue weighted by Gasteiger charge is -2.18. The molecule has 0 spiro atoms. The van der Waals surface area contributed by atoms with E-state index in [-0.39, 0.29) is 6.04 Å². The second kappa shape index (κ2) is 9.05. The van der Waals surface area contributed by atoms with E-state index in [1.54, 1.807) is 7.11 Å². The molecule has 4 aromatic rings. The van der Waals surface area contributed by atoms with Gasteiger partial charge >= 0.3 is 6.18 Å². The van der Waals surface area contributed by atoms with Crippen LogP contribution in [0.3, 0.4) is 0 Å². The zero-order valence-corrected chi connectivity index (χ0v) is 17.9. The van der Waals surface area contributed by atoms with Crippen LogP contribution in [0.4, 0.5) is 13.2 Å². The Kier molecular flexibility index (Phi) is 6.19. The van der Waals surface area contributed by atoms with E-state index in [2.05, 4.69) is 42.6 Å². The Bertz CT molecular complexity index is 1210. The first-order valence-corrected chi connectivity index (χ1v) is 10.4. The van der Waals surface area contributed by atoms with Crippen LogP contribution in [0.5, 0.6) is 5.75 Å². The van der Waals surface area contributed by atoms with Crippen molar-refractivity contribution in [2.75, 3.05) is 7.11 Å². The molecule has 1 N–H and O–H groups in total. The van der Waals surface area contributed by atoms with E-state index in [0.29, 0.717) is 17.9 Å². The van der Waals surface area contributed by atoms with Gasteiger partial charge in [0.2, 0.25) is 0 Å². The average molecular weight is 435 g/mol. The van der Waals surface area contributed by atoms with E-state index < -0.39 is 11.7 Å². The lowest BCUT2D eigenvalue weighted by Crippen LogP contribution is -2.18. The third kappa shape index (κ3) is 4.63. The number of ether oxygens (including phenoxy) is 1. The fraction of sp³-hybridized carbons (Fsp3) is 0.185. The van der Waals surface area contributed by atoms with Crippen LogP contribution in [-0.2, 0) is 12.7 Å². The summed E-state index contributed by atoms with van der Waals surface area (Å²) in [6, 6.07) is 25.7. The van der Waals surface area contributed by atoms with Crippen LogP contribution in [0, 0.1) is 0 Å². The van der Waals surface area contributed by atoms with Crippen molar-refractivity contribution in [1.82, 2.24) is 5.32 Å². The number of fused-ring (bicyclic) bond motifs is 1. The number of benzene rings is 4. The number of nitrogens with one attached hydrogen (secondary N) is 1. The zero-order valence-electron chi connectivity index (χ0n) is 17.9. The van der Waals surface area contributed by atoms with Gasteiger partial charge < -0.3 is 10.1 Å². The molecule has 32 heavy (non-hydrogen) atoms. The third-order valence-corrected chi connectivity index (χ3v) is 5.69. The molecule has 2 nitrogen and oxygen atoms in total. The molecule has 0 aliphatic carbocycles. The molecule has 5 heteroatoms. The fourth-order valence-electron chi connectivity index (χ4n) is 3.94. The molecule has 0 aliphatic rings. The minimum absolute atomic E-state index is 0.123. The van der Waals surface area contributed by atoms with Gasteiger partial charge in [0.1, 0.15) is 5.75 Å². The third-order valence-electron chi connectivity index (χ3n) is 5.69. The van der Waals surface area contributed by atoms with Gasteiger partial charge in [-0.2, -0.15) is 13.2 Å². The second-order valence-corrected chi connectivity index (χ2v) is 7.78. The minimum atomic E-state index is -4.36. The summed E-state index contributed by atoms with van der Waals surface area (Å²) in [5.41, 5.74) is 3.02. The molecule has 4 rings (SSSR count). The predicted octanol–water partition coefficient (Wildman–Crippen LogP) is 7.39. The van der Waals surface area contributed by atoms with E-state index in [1.165, 1.54) is 28.5 Å². The van der Waals surface area contributed by atoms with Crippen molar-refractivity contribution >= 4 is 10.8 Å². The minimum Gasteiger partial charge on any atom is -0.496 e. The van der Waals surface area contributed by atoms with Gasteiger partial charge in [-0.25, -0.2) is 0 Å². The first-order valence-electron chi connectivity index (χ1n) is 10.4. The molecule has 0 aliphatic heterocycles. The summed E-state index contributed by atoms with van der Waals surface area (Å²) >= 11 is 0. The molecule has 0 radical (unpaired) electrons. The van der Waals surface area contributed by atoms with Crippen molar-refractivity contribution in [3.05, 3.63) is 102 Å². The van der Waals surface area contributed by atoms with E-state index >= 15 is 0 Å². The highest BCUT2D eigenvalue weighted by Gasteiger charge is 2.30. The van der Waals surface area contributed by atoms with Crippen molar-refractivity contribution in [2.24, 2.45) is 0 Å². The van der Waals surface area contributed by atoms with E-state index in [4.69, 9.17) is 4.74 Å². The highest BCUT2D eigenvalue weighted by Crippen LogP contribution is 2.35. The first-order chi connectivity index (χ1) is 15.4. The Morgan fingerprint density at radius 2 is 1.59 bits per heavy atom. The molecule has 0 fully saturated rings. The van der Waals surface area contributed by atoms with Crippen LogP contribution < -0.4 is 10.1 Å². The maximum absolute atomic E-state index is 12.9. The van der Waals surface area contributed by atoms with Gasteiger partial charge in [0.15, 0.2) is 0 Å². The maximum Gasteiger partial charge on any atom is 0.416 e. The quantitative estimate of drug-likeness (QED) is 0.341. The number of alkyl halides is 3. The average Bonchev–Trinajstić information content (AvgIpc) is 2.81. The second-order valence-electron chi connectivity index (χ2n) is 7.78. The van der Waals surface area contributed by atoms with Crippen LogP contribution >= 0.6 is 0 Å². The molecule has 164 valence electrons. The van der Waals surface area contributed by atoms with Crippen molar-refractivity contribution < 1.29 is 17.9 Å². The SMILES string of the molecule is COc1ccc(CNC(C)c2cccc3ccccc23)cc1-c1ccc(C(F)(F)F)cc1. The number of rotatable bonds is 6. The Morgan fingerprint density at radius 1 is 0.875 bits per heavy atom. The summed E-state index contributed by atoms with van der Waals surface area (Å²) < 4.78 is 44.2. The van der Waals surface area contributed by atoms with Crippen molar-refractivity contribution in [3.63, 3.8) is 0 Å². The number of methoxy groups -OCH3 is 1. The summed E-state index contributed by atoms with van der Waals surface area (Å²) in [5, 5.41) is 5.98. The highest BCUT2D eigenvalue weighted by molar-refractivity contribution is 5.86. The fourth-order valence-corrected chi connectivity index (χ4v) is 3.94. The van der Waals surface area contributed by atoms with Crippen LogP contribution in [0.15, 0.2) is 84.9 Å². The Balaban J connectivity index is 1.56. The van der Waals surface area contributed by atoms with Gasteiger partial charge in [0, 0.05) is 18.2 Å². The Labute approximate surface area is 185 Å². The Morgan fingerprint density at radius 3 is 2.31 bits per heavy atom. The molecule has 0 amide bonds. The molecule has 4 aromatic carbocycles. The van der Waals surface area contributed by atoms with Crippen molar-refractivity contribution in [2.45, 2.75) is 25.7 Å². The zero-order chi connectivity index (χ0) is 22.7. The number of halogens is 3. The molecule has 0 heterocycles. The number of hydrogen-bond acceptors (Lipinski definition) is 2. The van der Waals surface area contributed by atoms with Crippen molar-refractivity contribution in [1.29, 1.82) is 0 Å². The van der Waals surface area contributed by atoms with Crippen LogP contribution in [0.1, 0.15) is 29.7 Å². The van der Waals surface area contributed by atoms with Gasteiger partial charge in [-0.3, -0.25) is 0 Å². The normalized spacial score (nSPS) is 12.7. The molecule has 1 unspecified atom stereocenters.